The Morgan fingerprint density at radius 3 is 2.83 bits per heavy atom. The number of urea groups is 1. The molecule has 4 nitrogen and oxygen atoms in total. The average molecular weight is 337 g/mol. The fraction of sp³-hybridized carbons (Fsp3) is 0.375. The highest BCUT2D eigenvalue weighted by molar-refractivity contribution is 7.09. The number of hydrogen-bond acceptors (Lipinski definition) is 3. The van der Waals surface area contributed by atoms with Crippen LogP contribution in [0.4, 0.5) is 13.6 Å². The SMILES string of the molecule is Cc1nc(CNC(=O)N(Cc2ccc(F)cc2F)C2CC2)cs1. The molecule has 0 atom stereocenters. The van der Waals surface area contributed by atoms with Crippen molar-refractivity contribution < 1.29 is 13.6 Å². The Labute approximate surface area is 137 Å². The fourth-order valence-electron chi connectivity index (χ4n) is 2.34. The van der Waals surface area contributed by atoms with Gasteiger partial charge in [0.2, 0.25) is 0 Å². The number of thiazole rings is 1. The molecular formula is C16H17F2N3OS. The quantitative estimate of drug-likeness (QED) is 0.906. The second kappa shape index (κ2) is 6.62. The molecule has 1 aliphatic carbocycles. The van der Waals surface area contributed by atoms with Gasteiger partial charge in [-0.25, -0.2) is 18.6 Å². The van der Waals surface area contributed by atoms with Gasteiger partial charge in [0.1, 0.15) is 11.6 Å². The third-order valence-electron chi connectivity index (χ3n) is 3.69. The molecule has 1 saturated carbocycles. The van der Waals surface area contributed by atoms with Gasteiger partial charge in [-0.05, 0) is 25.8 Å². The van der Waals surface area contributed by atoms with E-state index < -0.39 is 11.6 Å². The maximum absolute atomic E-state index is 13.8. The minimum atomic E-state index is -0.626. The normalized spacial score (nSPS) is 13.9. The van der Waals surface area contributed by atoms with Gasteiger partial charge in [0.05, 0.1) is 23.8 Å². The first kappa shape index (κ1) is 15.9. The maximum atomic E-state index is 13.8. The van der Waals surface area contributed by atoms with E-state index in [1.165, 1.54) is 23.5 Å². The van der Waals surface area contributed by atoms with Crippen molar-refractivity contribution in [2.45, 2.75) is 38.9 Å². The molecule has 0 spiro atoms. The lowest BCUT2D eigenvalue weighted by molar-refractivity contribution is 0.190. The van der Waals surface area contributed by atoms with Crippen molar-refractivity contribution in [3.8, 4) is 0 Å². The maximum Gasteiger partial charge on any atom is 0.318 e. The zero-order valence-electron chi connectivity index (χ0n) is 12.7. The lowest BCUT2D eigenvalue weighted by Crippen LogP contribution is -2.40. The zero-order valence-corrected chi connectivity index (χ0v) is 13.5. The average Bonchev–Trinajstić information content (AvgIpc) is 3.26. The van der Waals surface area contributed by atoms with E-state index in [0.717, 1.165) is 29.6 Å². The largest absolute Gasteiger partial charge is 0.332 e. The summed E-state index contributed by atoms with van der Waals surface area (Å²) in [4.78, 5) is 18.3. The van der Waals surface area contributed by atoms with Crippen LogP contribution in [0.25, 0.3) is 0 Å². The number of amides is 2. The van der Waals surface area contributed by atoms with Gasteiger partial charge in [0.15, 0.2) is 0 Å². The van der Waals surface area contributed by atoms with E-state index in [1.807, 2.05) is 12.3 Å². The summed E-state index contributed by atoms with van der Waals surface area (Å²) < 4.78 is 26.8. The summed E-state index contributed by atoms with van der Waals surface area (Å²) in [5.74, 6) is -1.24. The summed E-state index contributed by atoms with van der Waals surface area (Å²) in [6.07, 6.45) is 1.82. The Morgan fingerprint density at radius 2 is 2.22 bits per heavy atom. The highest BCUT2D eigenvalue weighted by Crippen LogP contribution is 2.29. The topological polar surface area (TPSA) is 45.2 Å². The van der Waals surface area contributed by atoms with Crippen molar-refractivity contribution in [2.24, 2.45) is 0 Å². The lowest BCUT2D eigenvalue weighted by Gasteiger charge is -2.23. The van der Waals surface area contributed by atoms with Crippen LogP contribution >= 0.6 is 11.3 Å². The molecule has 1 heterocycles. The predicted octanol–water partition coefficient (Wildman–Crippen LogP) is 3.60. The van der Waals surface area contributed by atoms with E-state index >= 15 is 0 Å². The Balaban J connectivity index is 1.65. The van der Waals surface area contributed by atoms with E-state index in [1.54, 1.807) is 4.90 Å². The van der Waals surface area contributed by atoms with Gasteiger partial charge in [-0.1, -0.05) is 6.07 Å². The molecule has 7 heteroatoms. The number of carbonyl (C=O) groups is 1. The van der Waals surface area contributed by atoms with Gasteiger partial charge in [-0.2, -0.15) is 0 Å². The third kappa shape index (κ3) is 4.04. The number of nitrogens with one attached hydrogen (secondary N) is 1. The van der Waals surface area contributed by atoms with Crippen LogP contribution in [0, 0.1) is 18.6 Å². The third-order valence-corrected chi connectivity index (χ3v) is 4.51. The molecule has 0 aliphatic heterocycles. The van der Waals surface area contributed by atoms with Crippen molar-refractivity contribution in [3.05, 3.63) is 51.5 Å². The second-order valence-electron chi connectivity index (χ2n) is 5.61. The van der Waals surface area contributed by atoms with Crippen molar-refractivity contribution >= 4 is 17.4 Å². The van der Waals surface area contributed by atoms with Crippen LogP contribution in [-0.4, -0.2) is 22.0 Å². The van der Waals surface area contributed by atoms with E-state index in [4.69, 9.17) is 0 Å². The monoisotopic (exact) mass is 337 g/mol. The Kier molecular flexibility index (Phi) is 4.56. The van der Waals surface area contributed by atoms with Crippen LogP contribution in [-0.2, 0) is 13.1 Å². The number of hydrogen-bond donors (Lipinski definition) is 1. The molecule has 1 aliphatic rings. The molecule has 0 bridgehead atoms. The molecule has 2 amide bonds. The Morgan fingerprint density at radius 1 is 1.43 bits per heavy atom. The number of halogens is 2. The van der Waals surface area contributed by atoms with Crippen LogP contribution in [0.2, 0.25) is 0 Å². The zero-order chi connectivity index (χ0) is 16.4. The first-order valence-electron chi connectivity index (χ1n) is 7.42. The molecular weight excluding hydrogens is 320 g/mol. The number of benzene rings is 1. The van der Waals surface area contributed by atoms with Crippen LogP contribution in [0.3, 0.4) is 0 Å². The summed E-state index contributed by atoms with van der Waals surface area (Å²) in [7, 11) is 0. The smallest absolute Gasteiger partial charge is 0.318 e. The summed E-state index contributed by atoms with van der Waals surface area (Å²) in [6, 6.07) is 3.31. The minimum Gasteiger partial charge on any atom is -0.332 e. The number of carbonyl (C=O) groups excluding carboxylic acids is 1. The number of aryl methyl sites for hydroxylation is 1. The van der Waals surface area contributed by atoms with Crippen LogP contribution < -0.4 is 5.32 Å². The second-order valence-corrected chi connectivity index (χ2v) is 6.67. The van der Waals surface area contributed by atoms with Crippen molar-refractivity contribution in [3.63, 3.8) is 0 Å². The lowest BCUT2D eigenvalue weighted by atomic mass is 10.2. The van der Waals surface area contributed by atoms with Gasteiger partial charge in [-0.15, -0.1) is 11.3 Å². The number of nitrogens with zero attached hydrogens (tertiary/aromatic N) is 2. The molecule has 23 heavy (non-hydrogen) atoms. The Bertz CT molecular complexity index is 715. The molecule has 1 N–H and O–H groups in total. The number of rotatable bonds is 5. The van der Waals surface area contributed by atoms with Crippen molar-refractivity contribution in [1.82, 2.24) is 15.2 Å². The highest BCUT2D eigenvalue weighted by Gasteiger charge is 2.33. The summed E-state index contributed by atoms with van der Waals surface area (Å²) in [6.45, 7) is 2.39. The van der Waals surface area contributed by atoms with Crippen LogP contribution in [0.15, 0.2) is 23.6 Å². The first-order chi connectivity index (χ1) is 11.0. The van der Waals surface area contributed by atoms with Crippen LogP contribution in [0.1, 0.15) is 29.1 Å². The molecule has 1 fully saturated rings. The van der Waals surface area contributed by atoms with E-state index in [-0.39, 0.29) is 18.6 Å². The van der Waals surface area contributed by atoms with Gasteiger partial charge in [-0.3, -0.25) is 0 Å². The summed E-state index contributed by atoms with van der Waals surface area (Å²) >= 11 is 1.53. The standard InChI is InChI=1S/C16H17F2N3OS/c1-10-20-13(9-23-10)7-19-16(22)21(14-4-5-14)8-11-2-3-12(17)6-15(11)18/h2-3,6,9,14H,4-5,7-8H2,1H3,(H,19,22). The van der Waals surface area contributed by atoms with Gasteiger partial charge < -0.3 is 10.2 Å². The minimum absolute atomic E-state index is 0.122. The summed E-state index contributed by atoms with van der Waals surface area (Å²) in [5, 5.41) is 5.66. The molecule has 1 aromatic heterocycles. The fourth-order valence-corrected chi connectivity index (χ4v) is 2.96. The van der Waals surface area contributed by atoms with E-state index in [2.05, 4.69) is 10.3 Å². The summed E-state index contributed by atoms with van der Waals surface area (Å²) in [5.41, 5.74) is 1.13. The molecule has 0 saturated heterocycles. The van der Waals surface area contributed by atoms with Crippen molar-refractivity contribution in [1.29, 1.82) is 0 Å². The number of aromatic nitrogens is 1. The van der Waals surface area contributed by atoms with Gasteiger partial charge >= 0.3 is 6.03 Å². The van der Waals surface area contributed by atoms with Gasteiger partial charge in [0, 0.05) is 23.1 Å². The molecule has 3 rings (SSSR count). The van der Waals surface area contributed by atoms with E-state index in [0.29, 0.717) is 12.1 Å². The highest BCUT2D eigenvalue weighted by atomic mass is 32.1. The molecule has 2 aromatic rings. The van der Waals surface area contributed by atoms with E-state index in [9.17, 15) is 13.6 Å². The molecule has 1 aromatic carbocycles. The predicted molar refractivity (Wildman–Crippen MR) is 84.0 cm³/mol. The first-order valence-corrected chi connectivity index (χ1v) is 8.30. The van der Waals surface area contributed by atoms with Gasteiger partial charge in [0.25, 0.3) is 0 Å². The Hall–Kier alpha value is -2.02. The van der Waals surface area contributed by atoms with Crippen LogP contribution in [0.5, 0.6) is 0 Å². The molecule has 0 unspecified atom stereocenters. The molecule has 0 radical (unpaired) electrons. The molecule has 122 valence electrons. The van der Waals surface area contributed by atoms with Crippen molar-refractivity contribution in [2.75, 3.05) is 0 Å².